The maximum Gasteiger partial charge on any atom is 0.248 e. The van der Waals surface area contributed by atoms with Crippen molar-refractivity contribution in [2.24, 2.45) is 5.73 Å². The lowest BCUT2D eigenvalue weighted by molar-refractivity contribution is 0.100. The highest BCUT2D eigenvalue weighted by Crippen LogP contribution is 2.25. The van der Waals surface area contributed by atoms with Gasteiger partial charge in [-0.2, -0.15) is 0 Å². The van der Waals surface area contributed by atoms with Crippen molar-refractivity contribution in [1.82, 2.24) is 0 Å². The molecule has 3 nitrogen and oxygen atoms in total. The molecule has 0 aliphatic heterocycles. The van der Waals surface area contributed by atoms with Crippen LogP contribution in [0.1, 0.15) is 15.2 Å². The number of hydrogen-bond acceptors (Lipinski definition) is 3. The molecular formula is C12H10BrClN2OS. The topological polar surface area (TPSA) is 55.1 Å². The van der Waals surface area contributed by atoms with Gasteiger partial charge in [-0.3, -0.25) is 4.79 Å². The predicted molar refractivity (Wildman–Crippen MR) is 79.3 cm³/mol. The van der Waals surface area contributed by atoms with Crippen molar-refractivity contribution in [3.63, 3.8) is 0 Å². The van der Waals surface area contributed by atoms with E-state index in [-0.39, 0.29) is 0 Å². The molecule has 18 heavy (non-hydrogen) atoms. The highest BCUT2D eigenvalue weighted by atomic mass is 79.9. The summed E-state index contributed by atoms with van der Waals surface area (Å²) in [5, 5.41) is 5.77. The summed E-state index contributed by atoms with van der Waals surface area (Å²) in [6.45, 7) is 0.651. The summed E-state index contributed by atoms with van der Waals surface area (Å²) in [6, 6.07) is 6.96. The third kappa shape index (κ3) is 3.25. The normalized spacial score (nSPS) is 10.3. The van der Waals surface area contributed by atoms with Crippen molar-refractivity contribution < 1.29 is 4.79 Å². The first-order chi connectivity index (χ1) is 8.56. The fraction of sp³-hybridized carbons (Fsp3) is 0.0833. The van der Waals surface area contributed by atoms with Crippen molar-refractivity contribution in [3.05, 3.63) is 49.6 Å². The minimum atomic E-state index is -0.464. The number of anilines is 1. The van der Waals surface area contributed by atoms with Crippen molar-refractivity contribution in [2.75, 3.05) is 5.32 Å². The lowest BCUT2D eigenvalue weighted by Gasteiger charge is -2.08. The molecule has 3 N–H and O–H groups in total. The van der Waals surface area contributed by atoms with Crippen LogP contribution in [-0.2, 0) is 6.54 Å². The molecule has 0 saturated heterocycles. The zero-order chi connectivity index (χ0) is 13.1. The Morgan fingerprint density at radius 2 is 2.22 bits per heavy atom. The first-order valence-corrected chi connectivity index (χ1v) is 7.17. The minimum Gasteiger partial charge on any atom is -0.379 e. The number of rotatable bonds is 4. The molecule has 0 aliphatic rings. The van der Waals surface area contributed by atoms with Crippen LogP contribution >= 0.6 is 38.9 Å². The molecule has 0 bridgehead atoms. The van der Waals surface area contributed by atoms with Gasteiger partial charge in [0, 0.05) is 26.8 Å². The summed E-state index contributed by atoms with van der Waals surface area (Å²) in [4.78, 5) is 12.3. The summed E-state index contributed by atoms with van der Waals surface area (Å²) in [7, 11) is 0. The van der Waals surface area contributed by atoms with Crippen LogP contribution < -0.4 is 11.1 Å². The van der Waals surface area contributed by atoms with Crippen LogP contribution in [0.15, 0.2) is 34.1 Å². The largest absolute Gasteiger partial charge is 0.379 e. The molecule has 0 atom stereocenters. The van der Waals surface area contributed by atoms with E-state index in [1.165, 1.54) is 4.88 Å². The van der Waals surface area contributed by atoms with E-state index in [4.69, 9.17) is 17.3 Å². The number of amides is 1. The number of halogens is 2. The Balaban J connectivity index is 2.13. The molecule has 0 fully saturated rings. The number of primary amides is 1. The number of benzene rings is 1. The standard InChI is InChI=1S/C12H10BrClN2OS/c13-8-4-9(18-6-8)5-16-11-3-7(12(15)17)1-2-10(11)14/h1-4,6,16H,5H2,(H2,15,17). The summed E-state index contributed by atoms with van der Waals surface area (Å²) in [5.41, 5.74) is 6.37. The first kappa shape index (κ1) is 13.4. The van der Waals surface area contributed by atoms with E-state index >= 15 is 0 Å². The van der Waals surface area contributed by atoms with Crippen molar-refractivity contribution in [3.8, 4) is 0 Å². The molecule has 0 unspecified atom stereocenters. The molecule has 0 spiro atoms. The number of carbonyl (C=O) groups is 1. The number of nitrogens with one attached hydrogen (secondary N) is 1. The molecule has 0 saturated carbocycles. The summed E-state index contributed by atoms with van der Waals surface area (Å²) in [5.74, 6) is -0.464. The predicted octanol–water partition coefficient (Wildman–Crippen LogP) is 3.88. The Morgan fingerprint density at radius 3 is 2.83 bits per heavy atom. The molecule has 1 amide bonds. The van der Waals surface area contributed by atoms with E-state index in [9.17, 15) is 4.79 Å². The molecule has 1 heterocycles. The van der Waals surface area contributed by atoms with E-state index in [1.54, 1.807) is 29.5 Å². The SMILES string of the molecule is NC(=O)c1ccc(Cl)c(NCc2cc(Br)cs2)c1. The fourth-order valence-electron chi connectivity index (χ4n) is 1.44. The fourth-order valence-corrected chi connectivity index (χ4v) is 3.02. The molecule has 2 rings (SSSR count). The van der Waals surface area contributed by atoms with Crippen LogP contribution in [0.3, 0.4) is 0 Å². The van der Waals surface area contributed by atoms with Crippen LogP contribution in [0.25, 0.3) is 0 Å². The first-order valence-electron chi connectivity index (χ1n) is 5.12. The van der Waals surface area contributed by atoms with E-state index in [0.29, 0.717) is 22.8 Å². The van der Waals surface area contributed by atoms with Crippen molar-refractivity contribution >= 4 is 50.5 Å². The van der Waals surface area contributed by atoms with Crippen LogP contribution in [0.2, 0.25) is 5.02 Å². The van der Waals surface area contributed by atoms with Gasteiger partial charge in [0.2, 0.25) is 5.91 Å². The number of thiophene rings is 1. The molecular weight excluding hydrogens is 336 g/mol. The lowest BCUT2D eigenvalue weighted by Crippen LogP contribution is -2.11. The van der Waals surface area contributed by atoms with Gasteiger partial charge in [0.15, 0.2) is 0 Å². The molecule has 1 aromatic heterocycles. The van der Waals surface area contributed by atoms with E-state index in [0.717, 1.165) is 4.47 Å². The maximum atomic E-state index is 11.1. The van der Waals surface area contributed by atoms with Gasteiger partial charge in [0.1, 0.15) is 0 Å². The van der Waals surface area contributed by atoms with Gasteiger partial charge in [-0.05, 0) is 40.2 Å². The average molecular weight is 346 g/mol. The van der Waals surface area contributed by atoms with Gasteiger partial charge in [-0.1, -0.05) is 11.6 Å². The van der Waals surface area contributed by atoms with Crippen molar-refractivity contribution in [2.45, 2.75) is 6.54 Å². The van der Waals surface area contributed by atoms with Crippen LogP contribution in [0.5, 0.6) is 0 Å². The summed E-state index contributed by atoms with van der Waals surface area (Å²) in [6.07, 6.45) is 0. The second-order valence-corrected chi connectivity index (χ2v) is 5.96. The van der Waals surface area contributed by atoms with Gasteiger partial charge < -0.3 is 11.1 Å². The Bertz CT molecular complexity index is 585. The number of carbonyl (C=O) groups excluding carboxylic acids is 1. The maximum absolute atomic E-state index is 11.1. The highest BCUT2D eigenvalue weighted by Gasteiger charge is 2.06. The molecule has 0 aliphatic carbocycles. The highest BCUT2D eigenvalue weighted by molar-refractivity contribution is 9.10. The van der Waals surface area contributed by atoms with E-state index in [2.05, 4.69) is 21.2 Å². The molecule has 0 radical (unpaired) electrons. The lowest BCUT2D eigenvalue weighted by atomic mass is 10.2. The Kier molecular flexibility index (Phi) is 4.27. The third-order valence-electron chi connectivity index (χ3n) is 2.33. The summed E-state index contributed by atoms with van der Waals surface area (Å²) >= 11 is 11.1. The Morgan fingerprint density at radius 1 is 1.44 bits per heavy atom. The van der Waals surface area contributed by atoms with Gasteiger partial charge in [-0.25, -0.2) is 0 Å². The van der Waals surface area contributed by atoms with E-state index in [1.807, 2.05) is 11.4 Å². The monoisotopic (exact) mass is 344 g/mol. The molecule has 6 heteroatoms. The number of hydrogen-bond donors (Lipinski definition) is 2. The zero-order valence-corrected chi connectivity index (χ0v) is 12.4. The zero-order valence-electron chi connectivity index (χ0n) is 9.24. The van der Waals surface area contributed by atoms with Crippen molar-refractivity contribution in [1.29, 1.82) is 0 Å². The Labute approximate surface area is 122 Å². The molecule has 1 aromatic carbocycles. The average Bonchev–Trinajstić information content (AvgIpc) is 2.74. The van der Waals surface area contributed by atoms with E-state index < -0.39 is 5.91 Å². The summed E-state index contributed by atoms with van der Waals surface area (Å²) < 4.78 is 1.06. The van der Waals surface area contributed by atoms with Crippen LogP contribution in [0.4, 0.5) is 5.69 Å². The van der Waals surface area contributed by atoms with Crippen LogP contribution in [-0.4, -0.2) is 5.91 Å². The van der Waals surface area contributed by atoms with Gasteiger partial charge in [0.05, 0.1) is 10.7 Å². The third-order valence-corrected chi connectivity index (χ3v) is 4.35. The smallest absolute Gasteiger partial charge is 0.248 e. The minimum absolute atomic E-state index is 0.439. The number of nitrogens with two attached hydrogens (primary N) is 1. The second kappa shape index (κ2) is 5.73. The molecule has 94 valence electrons. The van der Waals surface area contributed by atoms with Gasteiger partial charge in [-0.15, -0.1) is 11.3 Å². The molecule has 2 aromatic rings. The van der Waals surface area contributed by atoms with Gasteiger partial charge >= 0.3 is 0 Å². The Hall–Kier alpha value is -1.04. The quantitative estimate of drug-likeness (QED) is 0.883. The second-order valence-electron chi connectivity index (χ2n) is 3.64. The van der Waals surface area contributed by atoms with Crippen LogP contribution in [0, 0.1) is 0 Å². The van der Waals surface area contributed by atoms with Gasteiger partial charge in [0.25, 0.3) is 0 Å².